The first-order valence-electron chi connectivity index (χ1n) is 8.18. The Morgan fingerprint density at radius 2 is 1.72 bits per heavy atom. The molecule has 25 heavy (non-hydrogen) atoms. The molecule has 0 fully saturated rings. The minimum atomic E-state index is 0.919. The molecule has 3 rings (SSSR count). The highest BCUT2D eigenvalue weighted by molar-refractivity contribution is 5.95. The third kappa shape index (κ3) is 2.94. The van der Waals surface area contributed by atoms with Crippen LogP contribution < -0.4 is 10.6 Å². The first kappa shape index (κ1) is 16.6. The van der Waals surface area contributed by atoms with E-state index in [4.69, 9.17) is 0 Å². The molecule has 2 heteroatoms. The smallest absolute Gasteiger partial charge is 0.0471 e. The van der Waals surface area contributed by atoms with Crippen LogP contribution in [0.15, 0.2) is 86.1 Å². The van der Waals surface area contributed by atoms with Gasteiger partial charge < -0.3 is 10.6 Å². The number of anilines is 3. The number of rotatable bonds is 5. The summed E-state index contributed by atoms with van der Waals surface area (Å²) < 4.78 is 0. The summed E-state index contributed by atoms with van der Waals surface area (Å²) in [6, 6.07) is 12.4. The lowest BCUT2D eigenvalue weighted by Gasteiger charge is -2.25. The van der Waals surface area contributed by atoms with Gasteiger partial charge in [0.2, 0.25) is 0 Å². The molecule has 0 aliphatic carbocycles. The summed E-state index contributed by atoms with van der Waals surface area (Å²) in [6.07, 6.45) is 5.45. The maximum atomic E-state index is 4.26. The Hall–Kier alpha value is -3.26. The molecule has 1 heterocycles. The van der Waals surface area contributed by atoms with Crippen LogP contribution in [-0.4, -0.2) is 0 Å². The summed E-state index contributed by atoms with van der Waals surface area (Å²) in [5.41, 5.74) is 9.14. The number of hydrogen-bond donors (Lipinski definition) is 2. The third-order valence-corrected chi connectivity index (χ3v) is 4.44. The monoisotopic (exact) mass is 326 g/mol. The lowest BCUT2D eigenvalue weighted by atomic mass is 9.90. The minimum Gasteiger partial charge on any atom is -0.355 e. The molecule has 1 aliphatic rings. The minimum absolute atomic E-state index is 0.919. The number of fused-ring (bicyclic) bond motifs is 1. The van der Waals surface area contributed by atoms with E-state index in [1.54, 1.807) is 6.08 Å². The molecule has 0 bridgehead atoms. The van der Waals surface area contributed by atoms with Gasteiger partial charge in [-0.3, -0.25) is 0 Å². The van der Waals surface area contributed by atoms with Crippen LogP contribution in [0.5, 0.6) is 0 Å². The van der Waals surface area contributed by atoms with Gasteiger partial charge in [-0.1, -0.05) is 56.7 Å². The fourth-order valence-corrected chi connectivity index (χ4v) is 3.02. The number of nitrogens with one attached hydrogen (secondary N) is 2. The van der Waals surface area contributed by atoms with E-state index in [2.05, 4.69) is 68.1 Å². The SMILES string of the molecule is C=CC1=C(C=C)C(=C)c2cc(Nc3ccccc3C)c(C=C)cc2N1. The Morgan fingerprint density at radius 1 is 0.960 bits per heavy atom. The van der Waals surface area contributed by atoms with E-state index in [0.29, 0.717) is 0 Å². The molecule has 2 aromatic carbocycles. The fraction of sp³-hybridized carbons (Fsp3) is 0.0435. The molecule has 0 unspecified atom stereocenters. The van der Waals surface area contributed by atoms with Gasteiger partial charge in [0.1, 0.15) is 0 Å². The Balaban J connectivity index is 2.10. The normalized spacial score (nSPS) is 12.9. The summed E-state index contributed by atoms with van der Waals surface area (Å²) in [5, 5.41) is 6.93. The largest absolute Gasteiger partial charge is 0.355 e. The molecule has 2 N–H and O–H groups in total. The Morgan fingerprint density at radius 3 is 2.36 bits per heavy atom. The fourth-order valence-electron chi connectivity index (χ4n) is 3.02. The molecule has 0 saturated carbocycles. The second kappa shape index (κ2) is 6.70. The topological polar surface area (TPSA) is 24.1 Å². The zero-order valence-corrected chi connectivity index (χ0v) is 14.5. The Labute approximate surface area is 149 Å². The maximum absolute atomic E-state index is 4.26. The summed E-state index contributed by atoms with van der Waals surface area (Å²) in [7, 11) is 0. The molecule has 1 aliphatic heterocycles. The van der Waals surface area contributed by atoms with Crippen molar-refractivity contribution in [2.24, 2.45) is 0 Å². The molecular weight excluding hydrogens is 304 g/mol. The molecule has 0 saturated heterocycles. The molecule has 2 nitrogen and oxygen atoms in total. The van der Waals surface area contributed by atoms with Crippen molar-refractivity contribution >= 4 is 28.7 Å². The van der Waals surface area contributed by atoms with Gasteiger partial charge in [0.05, 0.1) is 0 Å². The van der Waals surface area contributed by atoms with Crippen LogP contribution >= 0.6 is 0 Å². The predicted molar refractivity (Wildman–Crippen MR) is 111 cm³/mol. The first-order valence-corrected chi connectivity index (χ1v) is 8.18. The van der Waals surface area contributed by atoms with Crippen LogP contribution in [0.25, 0.3) is 11.6 Å². The summed E-state index contributed by atoms with van der Waals surface area (Å²) in [4.78, 5) is 0. The molecule has 2 aromatic rings. The van der Waals surface area contributed by atoms with Gasteiger partial charge in [-0.2, -0.15) is 0 Å². The molecular formula is C23H22N2. The van der Waals surface area contributed by atoms with Crippen molar-refractivity contribution in [3.8, 4) is 0 Å². The van der Waals surface area contributed by atoms with Crippen LogP contribution in [0.3, 0.4) is 0 Å². The Bertz CT molecular complexity index is 929. The second-order valence-electron chi connectivity index (χ2n) is 5.97. The van der Waals surface area contributed by atoms with Crippen LogP contribution in [0.2, 0.25) is 0 Å². The molecule has 124 valence electrons. The van der Waals surface area contributed by atoms with Crippen molar-refractivity contribution in [2.45, 2.75) is 6.92 Å². The van der Waals surface area contributed by atoms with Crippen molar-refractivity contribution in [1.82, 2.24) is 0 Å². The van der Waals surface area contributed by atoms with E-state index in [9.17, 15) is 0 Å². The van der Waals surface area contributed by atoms with E-state index < -0.39 is 0 Å². The lowest BCUT2D eigenvalue weighted by Crippen LogP contribution is -2.11. The van der Waals surface area contributed by atoms with Gasteiger partial charge in [-0.05, 0) is 47.9 Å². The predicted octanol–water partition coefficient (Wildman–Crippen LogP) is 6.45. The van der Waals surface area contributed by atoms with Crippen LogP contribution in [-0.2, 0) is 0 Å². The second-order valence-corrected chi connectivity index (χ2v) is 5.97. The molecule has 0 radical (unpaired) electrons. The van der Waals surface area contributed by atoms with Crippen molar-refractivity contribution < 1.29 is 0 Å². The van der Waals surface area contributed by atoms with Gasteiger partial charge >= 0.3 is 0 Å². The molecule has 0 aromatic heterocycles. The van der Waals surface area contributed by atoms with Crippen molar-refractivity contribution in [1.29, 1.82) is 0 Å². The summed E-state index contributed by atoms with van der Waals surface area (Å²) in [6.45, 7) is 18.1. The van der Waals surface area contributed by atoms with Crippen molar-refractivity contribution in [2.75, 3.05) is 10.6 Å². The number of benzene rings is 2. The highest BCUT2D eigenvalue weighted by Crippen LogP contribution is 2.40. The third-order valence-electron chi connectivity index (χ3n) is 4.44. The van der Waals surface area contributed by atoms with Gasteiger partial charge in [0.15, 0.2) is 0 Å². The lowest BCUT2D eigenvalue weighted by molar-refractivity contribution is 1.36. The summed E-state index contributed by atoms with van der Waals surface area (Å²) >= 11 is 0. The average Bonchev–Trinajstić information content (AvgIpc) is 2.63. The number of aryl methyl sites for hydroxylation is 1. The van der Waals surface area contributed by atoms with E-state index in [0.717, 1.165) is 45.0 Å². The van der Waals surface area contributed by atoms with Crippen LogP contribution in [0.4, 0.5) is 17.1 Å². The standard InChI is InChI=1S/C23H22N2/c1-6-17-13-23-19(16(5)18(7-2)20(8-3)24-23)14-22(17)25-21-12-10-9-11-15(21)4/h6-14,24-25H,1-3,5H2,4H3. The van der Waals surface area contributed by atoms with E-state index >= 15 is 0 Å². The quantitative estimate of drug-likeness (QED) is 0.660. The van der Waals surface area contributed by atoms with Crippen molar-refractivity contribution in [3.63, 3.8) is 0 Å². The first-order chi connectivity index (χ1) is 12.1. The van der Waals surface area contributed by atoms with Crippen molar-refractivity contribution in [3.05, 3.63) is 103 Å². The highest BCUT2D eigenvalue weighted by Gasteiger charge is 2.20. The summed E-state index contributed by atoms with van der Waals surface area (Å²) in [5.74, 6) is 0. The van der Waals surface area contributed by atoms with Gasteiger partial charge in [0.25, 0.3) is 0 Å². The van der Waals surface area contributed by atoms with E-state index in [1.165, 1.54) is 5.56 Å². The van der Waals surface area contributed by atoms with Gasteiger partial charge in [0, 0.05) is 33.9 Å². The van der Waals surface area contributed by atoms with Crippen LogP contribution in [0.1, 0.15) is 16.7 Å². The zero-order chi connectivity index (χ0) is 18.0. The zero-order valence-electron chi connectivity index (χ0n) is 14.5. The number of para-hydroxylation sites is 1. The number of allylic oxidation sites excluding steroid dienone is 4. The van der Waals surface area contributed by atoms with Crippen LogP contribution in [0, 0.1) is 6.92 Å². The Kier molecular flexibility index (Phi) is 4.44. The van der Waals surface area contributed by atoms with Gasteiger partial charge in [-0.15, -0.1) is 0 Å². The van der Waals surface area contributed by atoms with Gasteiger partial charge in [-0.25, -0.2) is 0 Å². The van der Waals surface area contributed by atoms with E-state index in [1.807, 2.05) is 24.3 Å². The average molecular weight is 326 g/mol. The molecule has 0 atom stereocenters. The number of hydrogen-bond acceptors (Lipinski definition) is 2. The highest BCUT2D eigenvalue weighted by atomic mass is 14.9. The molecule has 0 spiro atoms. The maximum Gasteiger partial charge on any atom is 0.0471 e. The molecule has 0 amide bonds. The van der Waals surface area contributed by atoms with E-state index in [-0.39, 0.29) is 0 Å².